The first-order chi connectivity index (χ1) is 9.20. The van der Waals surface area contributed by atoms with Crippen LogP contribution in [0.1, 0.15) is 44.4 Å². The lowest BCUT2D eigenvalue weighted by atomic mass is 9.82. The van der Waals surface area contributed by atoms with Crippen LogP contribution in [0.3, 0.4) is 0 Å². The zero-order valence-electron chi connectivity index (χ0n) is 11.6. The van der Waals surface area contributed by atoms with E-state index in [0.717, 1.165) is 43.3 Å². The first kappa shape index (κ1) is 11.9. The summed E-state index contributed by atoms with van der Waals surface area (Å²) in [6, 6.07) is 0. The Bertz CT molecular complexity index is 455. The zero-order chi connectivity index (χ0) is 13.0. The average Bonchev–Trinajstić information content (AvgIpc) is 3.10. The van der Waals surface area contributed by atoms with Crippen LogP contribution in [0.4, 0.5) is 0 Å². The summed E-state index contributed by atoms with van der Waals surface area (Å²) in [7, 11) is 0. The fraction of sp³-hybridized carbons (Fsp3) is 0.857. The third kappa shape index (κ3) is 1.91. The molecular formula is C14H21N3O2. The minimum Gasteiger partial charge on any atom is -0.424 e. The van der Waals surface area contributed by atoms with Crippen molar-refractivity contribution < 1.29 is 9.15 Å². The van der Waals surface area contributed by atoms with Gasteiger partial charge in [-0.3, -0.25) is 4.90 Å². The van der Waals surface area contributed by atoms with Gasteiger partial charge in [0.1, 0.15) is 0 Å². The fourth-order valence-corrected chi connectivity index (χ4v) is 3.93. The summed E-state index contributed by atoms with van der Waals surface area (Å²) in [5, 5.41) is 8.26. The highest BCUT2D eigenvalue weighted by atomic mass is 16.5. The van der Waals surface area contributed by atoms with E-state index in [2.05, 4.69) is 28.9 Å². The maximum atomic E-state index is 6.00. The number of ether oxygens (including phenoxy) is 1. The standard InChI is InChI=1S/C14H21N3O2/c1-8(2)14-16-15-13(19-14)7-17-5-9-10(6-17)12-4-3-11(9)18-12/h8-12H,3-7H2,1-2H3/t9-,10-,11+,12+/m0/s1. The lowest BCUT2D eigenvalue weighted by Crippen LogP contribution is -2.24. The molecule has 0 radical (unpaired) electrons. The molecule has 2 bridgehead atoms. The molecule has 4 heterocycles. The molecule has 0 amide bonds. The van der Waals surface area contributed by atoms with Gasteiger partial charge >= 0.3 is 0 Å². The highest BCUT2D eigenvalue weighted by Crippen LogP contribution is 2.47. The minimum absolute atomic E-state index is 0.309. The Morgan fingerprint density at radius 1 is 1.16 bits per heavy atom. The normalized spacial score (nSPS) is 37.4. The first-order valence-corrected chi connectivity index (χ1v) is 7.41. The summed E-state index contributed by atoms with van der Waals surface area (Å²) in [5.74, 6) is 3.30. The molecule has 3 saturated heterocycles. The van der Waals surface area contributed by atoms with Crippen molar-refractivity contribution >= 4 is 0 Å². The van der Waals surface area contributed by atoms with E-state index in [-0.39, 0.29) is 0 Å². The molecule has 4 atom stereocenters. The van der Waals surface area contributed by atoms with Gasteiger partial charge in [-0.05, 0) is 12.8 Å². The molecule has 0 N–H and O–H groups in total. The summed E-state index contributed by atoms with van der Waals surface area (Å²) in [5.41, 5.74) is 0. The van der Waals surface area contributed by atoms with Gasteiger partial charge in [0.15, 0.2) is 0 Å². The van der Waals surface area contributed by atoms with Gasteiger partial charge in [-0.2, -0.15) is 0 Å². The van der Waals surface area contributed by atoms with Crippen molar-refractivity contribution in [2.45, 2.75) is 51.4 Å². The molecule has 3 fully saturated rings. The van der Waals surface area contributed by atoms with Crippen LogP contribution in [-0.2, 0) is 11.3 Å². The molecule has 104 valence electrons. The molecule has 3 aliphatic rings. The van der Waals surface area contributed by atoms with E-state index < -0.39 is 0 Å². The van der Waals surface area contributed by atoms with Gasteiger partial charge in [0.05, 0.1) is 18.8 Å². The van der Waals surface area contributed by atoms with Crippen LogP contribution in [0.5, 0.6) is 0 Å². The van der Waals surface area contributed by atoms with Gasteiger partial charge in [-0.15, -0.1) is 10.2 Å². The predicted octanol–water partition coefficient (Wildman–Crippen LogP) is 1.80. The molecule has 3 aliphatic heterocycles. The number of hydrogen-bond donors (Lipinski definition) is 0. The van der Waals surface area contributed by atoms with E-state index in [1.165, 1.54) is 12.8 Å². The molecule has 4 rings (SSSR count). The smallest absolute Gasteiger partial charge is 0.230 e. The van der Waals surface area contributed by atoms with Crippen molar-refractivity contribution in [3.63, 3.8) is 0 Å². The predicted molar refractivity (Wildman–Crippen MR) is 68.5 cm³/mol. The van der Waals surface area contributed by atoms with Crippen molar-refractivity contribution in [3.8, 4) is 0 Å². The van der Waals surface area contributed by atoms with E-state index in [4.69, 9.17) is 9.15 Å². The van der Waals surface area contributed by atoms with E-state index >= 15 is 0 Å². The highest BCUT2D eigenvalue weighted by Gasteiger charge is 2.52. The van der Waals surface area contributed by atoms with Gasteiger partial charge < -0.3 is 9.15 Å². The van der Waals surface area contributed by atoms with Crippen LogP contribution in [0.15, 0.2) is 4.42 Å². The number of hydrogen-bond acceptors (Lipinski definition) is 5. The molecule has 5 nitrogen and oxygen atoms in total. The molecule has 1 aromatic rings. The number of fused-ring (bicyclic) bond motifs is 5. The number of likely N-dealkylation sites (tertiary alicyclic amines) is 1. The Morgan fingerprint density at radius 2 is 1.84 bits per heavy atom. The third-order valence-electron chi connectivity index (χ3n) is 4.86. The molecule has 0 aromatic carbocycles. The second kappa shape index (κ2) is 4.28. The summed E-state index contributed by atoms with van der Waals surface area (Å²) >= 11 is 0. The zero-order valence-corrected chi connectivity index (χ0v) is 11.6. The van der Waals surface area contributed by atoms with Crippen LogP contribution in [0.25, 0.3) is 0 Å². The Hall–Kier alpha value is -0.940. The van der Waals surface area contributed by atoms with Crippen LogP contribution in [0, 0.1) is 11.8 Å². The van der Waals surface area contributed by atoms with E-state index in [1.54, 1.807) is 0 Å². The summed E-state index contributed by atoms with van der Waals surface area (Å²) < 4.78 is 11.7. The van der Waals surface area contributed by atoms with Crippen LogP contribution < -0.4 is 0 Å². The summed E-state index contributed by atoms with van der Waals surface area (Å²) in [6.45, 7) is 7.21. The van der Waals surface area contributed by atoms with Crippen LogP contribution in [-0.4, -0.2) is 40.4 Å². The second-order valence-electron chi connectivity index (χ2n) is 6.50. The van der Waals surface area contributed by atoms with Crippen molar-refractivity contribution in [1.29, 1.82) is 0 Å². The third-order valence-corrected chi connectivity index (χ3v) is 4.86. The number of nitrogens with zero attached hydrogens (tertiary/aromatic N) is 3. The van der Waals surface area contributed by atoms with Gasteiger partial charge in [0.25, 0.3) is 0 Å². The summed E-state index contributed by atoms with van der Waals surface area (Å²) in [4.78, 5) is 2.46. The van der Waals surface area contributed by atoms with Crippen molar-refractivity contribution in [2.24, 2.45) is 11.8 Å². The SMILES string of the molecule is CC(C)c1nnc(CN2C[C@H]3[C@H](C2)[C@H]2CC[C@H]3O2)o1. The molecule has 1 aromatic heterocycles. The Labute approximate surface area is 113 Å². The molecule has 5 heteroatoms. The van der Waals surface area contributed by atoms with E-state index in [0.29, 0.717) is 18.1 Å². The minimum atomic E-state index is 0.309. The lowest BCUT2D eigenvalue weighted by molar-refractivity contribution is 0.0685. The van der Waals surface area contributed by atoms with Gasteiger partial charge in [-0.25, -0.2) is 0 Å². The average molecular weight is 263 g/mol. The van der Waals surface area contributed by atoms with Crippen LogP contribution in [0.2, 0.25) is 0 Å². The lowest BCUT2D eigenvalue weighted by Gasteiger charge is -2.18. The quantitative estimate of drug-likeness (QED) is 0.832. The topological polar surface area (TPSA) is 51.4 Å². The van der Waals surface area contributed by atoms with Crippen molar-refractivity contribution in [1.82, 2.24) is 15.1 Å². The Kier molecular flexibility index (Phi) is 2.67. The maximum Gasteiger partial charge on any atom is 0.230 e. The first-order valence-electron chi connectivity index (χ1n) is 7.41. The molecule has 0 spiro atoms. The Balaban J connectivity index is 1.42. The second-order valence-corrected chi connectivity index (χ2v) is 6.50. The summed E-state index contributed by atoms with van der Waals surface area (Å²) in [6.07, 6.45) is 3.57. The van der Waals surface area contributed by atoms with Crippen molar-refractivity contribution in [3.05, 3.63) is 11.8 Å². The highest BCUT2D eigenvalue weighted by molar-refractivity contribution is 5.02. The van der Waals surface area contributed by atoms with Gasteiger partial charge in [0.2, 0.25) is 11.8 Å². The van der Waals surface area contributed by atoms with Gasteiger partial charge in [-0.1, -0.05) is 13.8 Å². The van der Waals surface area contributed by atoms with Crippen LogP contribution >= 0.6 is 0 Å². The van der Waals surface area contributed by atoms with E-state index in [1.807, 2.05) is 0 Å². The maximum absolute atomic E-state index is 6.00. The monoisotopic (exact) mass is 263 g/mol. The number of rotatable bonds is 3. The van der Waals surface area contributed by atoms with E-state index in [9.17, 15) is 0 Å². The molecule has 19 heavy (non-hydrogen) atoms. The number of aromatic nitrogens is 2. The fourth-order valence-electron chi connectivity index (χ4n) is 3.93. The molecule has 0 aliphatic carbocycles. The molecular weight excluding hydrogens is 242 g/mol. The largest absolute Gasteiger partial charge is 0.424 e. The molecule has 0 saturated carbocycles. The van der Waals surface area contributed by atoms with Crippen molar-refractivity contribution in [2.75, 3.05) is 13.1 Å². The Morgan fingerprint density at radius 3 is 2.42 bits per heavy atom. The molecule has 0 unspecified atom stereocenters. The van der Waals surface area contributed by atoms with Gasteiger partial charge in [0, 0.05) is 30.8 Å².